The molecule has 1 N–H and O–H groups in total. The van der Waals surface area contributed by atoms with Crippen LogP contribution in [-0.4, -0.2) is 42.7 Å². The highest BCUT2D eigenvalue weighted by atomic mass is 16.5. The molecule has 0 spiro atoms. The fourth-order valence-electron chi connectivity index (χ4n) is 2.45. The number of carbonyl (C=O) groups excluding carboxylic acids is 3. The molecule has 1 heterocycles. The number of rotatable bonds is 6. The average Bonchev–Trinajstić information content (AvgIpc) is 3.27. The number of hydrogen-bond donors (Lipinski definition) is 1. The third kappa shape index (κ3) is 3.66. The van der Waals surface area contributed by atoms with E-state index in [2.05, 4.69) is 14.6 Å². The van der Waals surface area contributed by atoms with Crippen molar-refractivity contribution in [2.45, 2.75) is 32.7 Å². The number of aromatic nitrogens is 1. The number of carbonyl (C=O) groups is 3. The lowest BCUT2D eigenvalue weighted by Gasteiger charge is -2.08. The van der Waals surface area contributed by atoms with Gasteiger partial charge in [0.15, 0.2) is 6.61 Å². The zero-order valence-electron chi connectivity index (χ0n) is 13.0. The van der Waals surface area contributed by atoms with Crippen molar-refractivity contribution in [3.05, 3.63) is 23.0 Å². The molecule has 1 aliphatic rings. The van der Waals surface area contributed by atoms with Crippen LogP contribution < -0.4 is 5.32 Å². The largest absolute Gasteiger partial charge is 0.456 e. The van der Waals surface area contributed by atoms with Gasteiger partial charge in [-0.05, 0) is 32.8 Å². The number of amides is 1. The summed E-state index contributed by atoms with van der Waals surface area (Å²) in [6.45, 7) is 3.20. The predicted octanol–water partition coefficient (Wildman–Crippen LogP) is 1.52. The summed E-state index contributed by atoms with van der Waals surface area (Å²) < 4.78 is 11.4. The first-order valence-corrected chi connectivity index (χ1v) is 7.13. The van der Waals surface area contributed by atoms with Crippen LogP contribution in [0.15, 0.2) is 6.07 Å². The molecular weight excluding hydrogens is 288 g/mol. The lowest BCUT2D eigenvalue weighted by atomic mass is 10.1. The molecule has 0 radical (unpaired) electrons. The maximum atomic E-state index is 12.2. The van der Waals surface area contributed by atoms with Gasteiger partial charge in [-0.1, -0.05) is 0 Å². The number of hydrogen-bond acceptors (Lipinski definition) is 5. The van der Waals surface area contributed by atoms with Gasteiger partial charge in [0.25, 0.3) is 0 Å². The lowest BCUT2D eigenvalue weighted by molar-refractivity contribution is -0.141. The molecule has 7 heteroatoms. The standard InChI is InChI=1S/C15H20N2O5/c1-9-6-12(10(2)17(9)11-4-5-11)13(18)8-22-14(19)7-16-15(20)21-3/h6,11H,4-5,7-8H2,1-3H3,(H,16,20). The van der Waals surface area contributed by atoms with Crippen LogP contribution in [0, 0.1) is 13.8 Å². The Morgan fingerprint density at radius 3 is 2.59 bits per heavy atom. The van der Waals surface area contributed by atoms with Gasteiger partial charge < -0.3 is 19.4 Å². The Hall–Kier alpha value is -2.31. The third-order valence-electron chi connectivity index (χ3n) is 3.62. The maximum Gasteiger partial charge on any atom is 0.407 e. The van der Waals surface area contributed by atoms with Crippen molar-refractivity contribution >= 4 is 17.8 Å². The molecule has 1 aromatic heterocycles. The minimum Gasteiger partial charge on any atom is -0.456 e. The molecule has 0 aliphatic heterocycles. The second-order valence-electron chi connectivity index (χ2n) is 5.31. The first-order valence-electron chi connectivity index (χ1n) is 7.13. The molecule has 1 saturated carbocycles. The number of Topliss-reactive ketones (excluding diaryl/α,β-unsaturated/α-hetero) is 1. The van der Waals surface area contributed by atoms with Gasteiger partial charge in [-0.2, -0.15) is 0 Å². The van der Waals surface area contributed by atoms with Gasteiger partial charge in [0.1, 0.15) is 6.54 Å². The van der Waals surface area contributed by atoms with E-state index in [4.69, 9.17) is 4.74 Å². The van der Waals surface area contributed by atoms with Gasteiger partial charge >= 0.3 is 12.1 Å². The molecule has 1 aromatic rings. The van der Waals surface area contributed by atoms with E-state index in [9.17, 15) is 14.4 Å². The highest BCUT2D eigenvalue weighted by Gasteiger charge is 2.28. The molecule has 0 unspecified atom stereocenters. The second-order valence-corrected chi connectivity index (χ2v) is 5.31. The molecule has 2 rings (SSSR count). The Balaban J connectivity index is 1.89. The smallest absolute Gasteiger partial charge is 0.407 e. The zero-order valence-corrected chi connectivity index (χ0v) is 13.0. The van der Waals surface area contributed by atoms with Crippen LogP contribution in [0.25, 0.3) is 0 Å². The molecule has 22 heavy (non-hydrogen) atoms. The number of aryl methyl sites for hydroxylation is 1. The van der Waals surface area contributed by atoms with Crippen molar-refractivity contribution in [3.8, 4) is 0 Å². The summed E-state index contributed by atoms with van der Waals surface area (Å²) in [5.74, 6) is -0.929. The van der Waals surface area contributed by atoms with Crippen LogP contribution in [0.1, 0.15) is 40.6 Å². The fourth-order valence-corrected chi connectivity index (χ4v) is 2.45. The summed E-state index contributed by atoms with van der Waals surface area (Å²) in [6, 6.07) is 2.32. The summed E-state index contributed by atoms with van der Waals surface area (Å²) in [5, 5.41) is 2.19. The Morgan fingerprint density at radius 2 is 2.00 bits per heavy atom. The van der Waals surface area contributed by atoms with E-state index in [1.807, 2.05) is 19.9 Å². The SMILES string of the molecule is COC(=O)NCC(=O)OCC(=O)c1cc(C)n(C2CC2)c1C. The molecule has 0 atom stereocenters. The molecule has 1 fully saturated rings. The van der Waals surface area contributed by atoms with Crippen LogP contribution in [0.4, 0.5) is 4.79 Å². The van der Waals surface area contributed by atoms with Gasteiger partial charge in [0.2, 0.25) is 5.78 Å². The molecular formula is C15H20N2O5. The van der Waals surface area contributed by atoms with E-state index in [0.29, 0.717) is 11.6 Å². The Morgan fingerprint density at radius 1 is 1.32 bits per heavy atom. The van der Waals surface area contributed by atoms with Crippen LogP contribution in [0.3, 0.4) is 0 Å². The number of nitrogens with one attached hydrogen (secondary N) is 1. The van der Waals surface area contributed by atoms with Gasteiger partial charge in [0.05, 0.1) is 7.11 Å². The Kier molecular flexibility index (Phi) is 4.85. The highest BCUT2D eigenvalue weighted by Crippen LogP contribution is 2.38. The molecule has 120 valence electrons. The summed E-state index contributed by atoms with van der Waals surface area (Å²) in [5.41, 5.74) is 2.54. The normalized spacial score (nSPS) is 13.6. The van der Waals surface area contributed by atoms with Gasteiger partial charge in [-0.15, -0.1) is 0 Å². The summed E-state index contributed by atoms with van der Waals surface area (Å²) in [4.78, 5) is 34.4. The molecule has 0 aromatic carbocycles. The first-order chi connectivity index (χ1) is 10.4. The predicted molar refractivity (Wildman–Crippen MR) is 77.9 cm³/mol. The van der Waals surface area contributed by atoms with Gasteiger partial charge in [-0.3, -0.25) is 9.59 Å². The molecule has 0 saturated heterocycles. The second kappa shape index (κ2) is 6.64. The van der Waals surface area contributed by atoms with Crippen LogP contribution in [0.2, 0.25) is 0 Å². The van der Waals surface area contributed by atoms with Crippen molar-refractivity contribution < 1.29 is 23.9 Å². The number of alkyl carbamates (subject to hydrolysis) is 1. The van der Waals surface area contributed by atoms with Crippen molar-refractivity contribution in [1.29, 1.82) is 0 Å². The monoisotopic (exact) mass is 308 g/mol. The van der Waals surface area contributed by atoms with Gasteiger partial charge in [-0.25, -0.2) is 4.79 Å². The first kappa shape index (κ1) is 16.1. The Labute approximate surface area is 128 Å². The van der Waals surface area contributed by atoms with Crippen LogP contribution in [-0.2, 0) is 14.3 Å². The molecule has 0 bridgehead atoms. The van der Waals surface area contributed by atoms with E-state index < -0.39 is 12.1 Å². The zero-order chi connectivity index (χ0) is 16.3. The van der Waals surface area contributed by atoms with Crippen molar-refractivity contribution in [2.24, 2.45) is 0 Å². The minimum atomic E-state index is -0.726. The van der Waals surface area contributed by atoms with Crippen molar-refractivity contribution in [2.75, 3.05) is 20.3 Å². The van der Waals surface area contributed by atoms with Crippen molar-refractivity contribution in [1.82, 2.24) is 9.88 Å². The van der Waals surface area contributed by atoms with E-state index >= 15 is 0 Å². The van der Waals surface area contributed by atoms with Gasteiger partial charge in [0, 0.05) is 23.0 Å². The quantitative estimate of drug-likeness (QED) is 0.636. The maximum absolute atomic E-state index is 12.2. The van der Waals surface area contributed by atoms with Crippen LogP contribution >= 0.6 is 0 Å². The number of ether oxygens (including phenoxy) is 2. The fraction of sp³-hybridized carbons (Fsp3) is 0.533. The van der Waals surface area contributed by atoms with Crippen LogP contribution in [0.5, 0.6) is 0 Å². The van der Waals surface area contributed by atoms with Crippen molar-refractivity contribution in [3.63, 3.8) is 0 Å². The van der Waals surface area contributed by atoms with E-state index in [-0.39, 0.29) is 18.9 Å². The summed E-state index contributed by atoms with van der Waals surface area (Å²) >= 11 is 0. The van der Waals surface area contributed by atoms with E-state index in [1.54, 1.807) is 0 Å². The topological polar surface area (TPSA) is 86.6 Å². The van der Waals surface area contributed by atoms with E-state index in [1.165, 1.54) is 7.11 Å². The summed E-state index contributed by atoms with van der Waals surface area (Å²) in [6.07, 6.45) is 1.55. The number of methoxy groups -OCH3 is 1. The average molecular weight is 308 g/mol. The number of esters is 1. The minimum absolute atomic E-state index is 0.244. The molecule has 7 nitrogen and oxygen atoms in total. The Bertz CT molecular complexity index is 601. The van der Waals surface area contributed by atoms with E-state index in [0.717, 1.165) is 24.2 Å². The molecule has 1 aliphatic carbocycles. The number of ketones is 1. The lowest BCUT2D eigenvalue weighted by Crippen LogP contribution is -2.31. The highest BCUT2D eigenvalue weighted by molar-refractivity contribution is 5.99. The molecule has 1 amide bonds. The summed E-state index contributed by atoms with van der Waals surface area (Å²) in [7, 11) is 1.19. The number of nitrogens with zero attached hydrogens (tertiary/aromatic N) is 1. The third-order valence-corrected chi connectivity index (χ3v) is 3.62.